The Kier molecular flexibility index (Phi) is 10.9. The van der Waals surface area contributed by atoms with Gasteiger partial charge in [-0.15, -0.1) is 0 Å². The fourth-order valence-electron chi connectivity index (χ4n) is 2.75. The number of carbonyl (C=O) groups excluding carboxylic acids is 1. The van der Waals surface area contributed by atoms with Crippen molar-refractivity contribution < 1.29 is 19.4 Å². The molecule has 0 amide bonds. The largest absolute Gasteiger partial charge is 0.481 e. The number of rotatable bonds is 11. The van der Waals surface area contributed by atoms with Crippen molar-refractivity contribution in [3.63, 3.8) is 0 Å². The lowest BCUT2D eigenvalue weighted by molar-refractivity contribution is -0.144. The number of hydrogen-bond donors (Lipinski definition) is 1. The predicted molar refractivity (Wildman–Crippen MR) is 91.2 cm³/mol. The van der Waals surface area contributed by atoms with Gasteiger partial charge < -0.3 is 9.84 Å². The lowest BCUT2D eigenvalue weighted by Gasteiger charge is -2.17. The maximum atomic E-state index is 11.4. The highest BCUT2D eigenvalue weighted by molar-refractivity contribution is 5.69. The number of carbonyl (C=O) groups is 2. The molecule has 0 unspecified atom stereocenters. The smallest absolute Gasteiger partial charge is 0.305 e. The van der Waals surface area contributed by atoms with Crippen LogP contribution in [0, 0.1) is 5.92 Å². The summed E-state index contributed by atoms with van der Waals surface area (Å²) in [6.45, 7) is 0.403. The molecule has 0 bridgehead atoms. The van der Waals surface area contributed by atoms with Crippen LogP contribution in [0.3, 0.4) is 0 Å². The highest BCUT2D eigenvalue weighted by Gasteiger charge is 2.09. The van der Waals surface area contributed by atoms with Crippen molar-refractivity contribution >= 4 is 11.9 Å². The van der Waals surface area contributed by atoms with Crippen LogP contribution in [0.25, 0.3) is 0 Å². The van der Waals surface area contributed by atoms with E-state index in [1.54, 1.807) is 0 Å². The standard InChI is InChI=1S/C19H30O4/c20-18(21)14-8-9-15-19(22)23-16-10-3-1-2-5-11-17-12-6-4-7-13-17/h1,3,5,11,17H,2,4,6-10,12-16H2,(H,20,21)/b3-1-,11-5-. The molecule has 0 saturated heterocycles. The number of ether oxygens (including phenoxy) is 1. The molecule has 0 aromatic rings. The van der Waals surface area contributed by atoms with Gasteiger partial charge in [0.1, 0.15) is 0 Å². The van der Waals surface area contributed by atoms with E-state index in [1.165, 1.54) is 32.1 Å². The van der Waals surface area contributed by atoms with Crippen molar-refractivity contribution in [2.75, 3.05) is 6.61 Å². The zero-order chi connectivity index (χ0) is 16.8. The van der Waals surface area contributed by atoms with E-state index in [0.717, 1.165) is 18.8 Å². The summed E-state index contributed by atoms with van der Waals surface area (Å²) in [5.74, 6) is -0.277. The number of allylic oxidation sites excluding steroid dienone is 3. The van der Waals surface area contributed by atoms with E-state index < -0.39 is 5.97 Å². The number of aliphatic carboxylic acids is 1. The lowest BCUT2D eigenvalue weighted by Crippen LogP contribution is -2.05. The minimum atomic E-state index is -0.818. The second-order valence-electron chi connectivity index (χ2n) is 6.14. The molecule has 130 valence electrons. The van der Waals surface area contributed by atoms with Gasteiger partial charge in [-0.05, 0) is 44.4 Å². The second kappa shape index (κ2) is 12.9. The van der Waals surface area contributed by atoms with Gasteiger partial charge in [0.25, 0.3) is 0 Å². The highest BCUT2D eigenvalue weighted by Crippen LogP contribution is 2.24. The summed E-state index contributed by atoms with van der Waals surface area (Å²) >= 11 is 0. The molecule has 0 aromatic carbocycles. The molecule has 1 saturated carbocycles. The summed E-state index contributed by atoms with van der Waals surface area (Å²) in [7, 11) is 0. The summed E-state index contributed by atoms with van der Waals surface area (Å²) in [5.41, 5.74) is 0. The van der Waals surface area contributed by atoms with Gasteiger partial charge >= 0.3 is 11.9 Å². The Morgan fingerprint density at radius 3 is 2.48 bits per heavy atom. The van der Waals surface area contributed by atoms with Gasteiger partial charge in [-0.1, -0.05) is 43.6 Å². The number of hydrogen-bond acceptors (Lipinski definition) is 3. The first kappa shape index (κ1) is 19.5. The highest BCUT2D eigenvalue weighted by atomic mass is 16.5. The Hall–Kier alpha value is -1.58. The molecule has 4 nitrogen and oxygen atoms in total. The first-order chi connectivity index (χ1) is 11.2. The summed E-state index contributed by atoms with van der Waals surface area (Å²) < 4.78 is 5.10. The molecule has 1 rings (SSSR count). The third-order valence-corrected chi connectivity index (χ3v) is 4.07. The number of carboxylic acids is 1. The minimum Gasteiger partial charge on any atom is -0.481 e. The molecule has 0 aromatic heterocycles. The van der Waals surface area contributed by atoms with Gasteiger partial charge in [-0.3, -0.25) is 9.59 Å². The average Bonchev–Trinajstić information content (AvgIpc) is 2.55. The van der Waals surface area contributed by atoms with E-state index in [2.05, 4.69) is 18.2 Å². The molecular formula is C19H30O4. The van der Waals surface area contributed by atoms with Crippen molar-refractivity contribution in [3.8, 4) is 0 Å². The van der Waals surface area contributed by atoms with Crippen molar-refractivity contribution in [2.45, 2.75) is 70.6 Å². The Bertz CT molecular complexity index is 392. The maximum Gasteiger partial charge on any atom is 0.305 e. The molecule has 0 atom stereocenters. The third kappa shape index (κ3) is 11.6. The van der Waals surface area contributed by atoms with Gasteiger partial charge in [0.05, 0.1) is 6.61 Å². The van der Waals surface area contributed by atoms with Gasteiger partial charge in [-0.25, -0.2) is 0 Å². The van der Waals surface area contributed by atoms with E-state index in [1.807, 2.05) is 6.08 Å². The molecule has 1 N–H and O–H groups in total. The van der Waals surface area contributed by atoms with Crippen LogP contribution in [0.2, 0.25) is 0 Å². The van der Waals surface area contributed by atoms with Crippen molar-refractivity contribution in [3.05, 3.63) is 24.3 Å². The molecular weight excluding hydrogens is 292 g/mol. The molecule has 0 radical (unpaired) electrons. The number of esters is 1. The fraction of sp³-hybridized carbons (Fsp3) is 0.684. The van der Waals surface area contributed by atoms with Crippen LogP contribution in [0.4, 0.5) is 0 Å². The zero-order valence-corrected chi connectivity index (χ0v) is 14.0. The van der Waals surface area contributed by atoms with Crippen molar-refractivity contribution in [2.24, 2.45) is 5.92 Å². The monoisotopic (exact) mass is 322 g/mol. The fourth-order valence-corrected chi connectivity index (χ4v) is 2.75. The predicted octanol–water partition coefficient (Wildman–Crippen LogP) is 4.65. The zero-order valence-electron chi connectivity index (χ0n) is 14.0. The molecule has 0 spiro atoms. The Morgan fingerprint density at radius 1 is 1.00 bits per heavy atom. The summed E-state index contributed by atoms with van der Waals surface area (Å²) in [4.78, 5) is 21.7. The summed E-state index contributed by atoms with van der Waals surface area (Å²) in [6, 6.07) is 0. The minimum absolute atomic E-state index is 0.115. The normalized spacial score (nSPS) is 16.2. The molecule has 0 heterocycles. The van der Waals surface area contributed by atoms with Crippen LogP contribution >= 0.6 is 0 Å². The van der Waals surface area contributed by atoms with Crippen molar-refractivity contribution in [1.82, 2.24) is 0 Å². The SMILES string of the molecule is O=C(O)CCCCC(=O)OCC/C=C\C/C=C\C1CCCCC1. The van der Waals surface area contributed by atoms with Crippen LogP contribution < -0.4 is 0 Å². The maximum absolute atomic E-state index is 11.4. The van der Waals surface area contributed by atoms with E-state index in [4.69, 9.17) is 9.84 Å². The second-order valence-corrected chi connectivity index (χ2v) is 6.14. The Morgan fingerprint density at radius 2 is 1.74 bits per heavy atom. The van der Waals surface area contributed by atoms with Gasteiger partial charge in [0, 0.05) is 12.8 Å². The van der Waals surface area contributed by atoms with Crippen LogP contribution in [-0.2, 0) is 14.3 Å². The summed E-state index contributed by atoms with van der Waals surface area (Å²) in [5, 5.41) is 8.49. The molecule has 1 fully saturated rings. The molecule has 4 heteroatoms. The first-order valence-electron chi connectivity index (χ1n) is 8.87. The van der Waals surface area contributed by atoms with Crippen LogP contribution in [0.15, 0.2) is 24.3 Å². The van der Waals surface area contributed by atoms with E-state index >= 15 is 0 Å². The Balaban J connectivity index is 1.93. The molecule has 1 aliphatic rings. The van der Waals surface area contributed by atoms with E-state index in [-0.39, 0.29) is 12.4 Å². The van der Waals surface area contributed by atoms with Gasteiger partial charge in [0.15, 0.2) is 0 Å². The van der Waals surface area contributed by atoms with Crippen LogP contribution in [-0.4, -0.2) is 23.7 Å². The molecule has 23 heavy (non-hydrogen) atoms. The lowest BCUT2D eigenvalue weighted by atomic mass is 9.89. The van der Waals surface area contributed by atoms with E-state index in [9.17, 15) is 9.59 Å². The Labute approximate surface area is 139 Å². The first-order valence-corrected chi connectivity index (χ1v) is 8.87. The molecule has 0 aliphatic heterocycles. The van der Waals surface area contributed by atoms with E-state index in [0.29, 0.717) is 25.9 Å². The van der Waals surface area contributed by atoms with Crippen LogP contribution in [0.5, 0.6) is 0 Å². The van der Waals surface area contributed by atoms with Crippen LogP contribution in [0.1, 0.15) is 70.6 Å². The number of carboxylic acid groups (broad SMARTS) is 1. The summed E-state index contributed by atoms with van der Waals surface area (Å²) in [6.07, 6.45) is 18.7. The molecule has 1 aliphatic carbocycles. The quantitative estimate of drug-likeness (QED) is 0.342. The topological polar surface area (TPSA) is 63.6 Å². The number of unbranched alkanes of at least 4 members (excludes halogenated alkanes) is 1. The van der Waals surface area contributed by atoms with Gasteiger partial charge in [0.2, 0.25) is 0 Å². The average molecular weight is 322 g/mol. The van der Waals surface area contributed by atoms with Crippen molar-refractivity contribution in [1.29, 1.82) is 0 Å². The van der Waals surface area contributed by atoms with Gasteiger partial charge in [-0.2, -0.15) is 0 Å². The third-order valence-electron chi connectivity index (χ3n) is 4.07.